The van der Waals surface area contributed by atoms with Gasteiger partial charge in [-0.15, -0.1) is 0 Å². The Balaban J connectivity index is 2.30. The van der Waals surface area contributed by atoms with Crippen LogP contribution in [0.4, 0.5) is 17.2 Å². The number of carboxylic acids is 1. The molecule has 6 heteroatoms. The fraction of sp³-hybridized carbons (Fsp3) is 0.143. The summed E-state index contributed by atoms with van der Waals surface area (Å²) in [5.74, 6) is -0.648. The van der Waals surface area contributed by atoms with E-state index in [1.165, 1.54) is 12.1 Å². The minimum atomic E-state index is -1.04. The first-order valence-electron chi connectivity index (χ1n) is 5.91. The van der Waals surface area contributed by atoms with Gasteiger partial charge in [0, 0.05) is 25.5 Å². The SMILES string of the molecule is CN(C)c1cccc(Nc2cc(C(=O)O)cc(Cl)n2)c1. The van der Waals surface area contributed by atoms with E-state index < -0.39 is 5.97 Å². The van der Waals surface area contributed by atoms with Gasteiger partial charge in [0.15, 0.2) is 0 Å². The predicted octanol–water partition coefficient (Wildman–Crippen LogP) is 3.24. The third-order valence-corrected chi connectivity index (χ3v) is 2.87. The predicted molar refractivity (Wildman–Crippen MR) is 80.3 cm³/mol. The van der Waals surface area contributed by atoms with Crippen molar-refractivity contribution in [3.8, 4) is 0 Å². The summed E-state index contributed by atoms with van der Waals surface area (Å²) in [6.45, 7) is 0. The van der Waals surface area contributed by atoms with E-state index in [9.17, 15) is 4.79 Å². The number of nitrogens with zero attached hydrogens (tertiary/aromatic N) is 2. The van der Waals surface area contributed by atoms with Gasteiger partial charge in [0.25, 0.3) is 0 Å². The Hall–Kier alpha value is -2.27. The Morgan fingerprint density at radius 3 is 2.70 bits per heavy atom. The molecule has 2 N–H and O–H groups in total. The second kappa shape index (κ2) is 5.79. The number of carbonyl (C=O) groups is 1. The van der Waals surface area contributed by atoms with Gasteiger partial charge in [0.2, 0.25) is 0 Å². The summed E-state index contributed by atoms with van der Waals surface area (Å²) >= 11 is 5.82. The molecule has 1 heterocycles. The van der Waals surface area contributed by atoms with Gasteiger partial charge in [-0.25, -0.2) is 9.78 Å². The fourth-order valence-electron chi connectivity index (χ4n) is 1.69. The van der Waals surface area contributed by atoms with E-state index in [4.69, 9.17) is 16.7 Å². The Morgan fingerprint density at radius 1 is 1.30 bits per heavy atom. The minimum absolute atomic E-state index is 0.0938. The molecule has 2 aromatic rings. The van der Waals surface area contributed by atoms with Crippen LogP contribution in [0, 0.1) is 0 Å². The molecule has 0 bridgehead atoms. The highest BCUT2D eigenvalue weighted by atomic mass is 35.5. The third-order valence-electron chi connectivity index (χ3n) is 2.68. The Bertz CT molecular complexity index is 644. The van der Waals surface area contributed by atoms with Gasteiger partial charge in [0.1, 0.15) is 11.0 Å². The lowest BCUT2D eigenvalue weighted by molar-refractivity contribution is 0.0697. The van der Waals surface area contributed by atoms with Gasteiger partial charge in [-0.1, -0.05) is 17.7 Å². The standard InChI is InChI=1S/C14H14ClN3O2/c1-18(2)11-5-3-4-10(8-11)16-13-7-9(14(19)20)6-12(15)17-13/h3-8H,1-2H3,(H,16,17)(H,19,20). The van der Waals surface area contributed by atoms with Crippen LogP contribution in [0.5, 0.6) is 0 Å². The number of nitrogens with one attached hydrogen (secondary N) is 1. The van der Waals surface area contributed by atoms with Crippen LogP contribution >= 0.6 is 11.6 Å². The normalized spacial score (nSPS) is 10.2. The molecule has 0 saturated heterocycles. The lowest BCUT2D eigenvalue weighted by Crippen LogP contribution is -2.08. The van der Waals surface area contributed by atoms with Crippen molar-refractivity contribution >= 4 is 34.8 Å². The van der Waals surface area contributed by atoms with Gasteiger partial charge in [-0.3, -0.25) is 0 Å². The Morgan fingerprint density at radius 2 is 2.05 bits per heavy atom. The number of pyridine rings is 1. The van der Waals surface area contributed by atoms with Crippen molar-refractivity contribution in [1.29, 1.82) is 0 Å². The molecule has 0 radical (unpaired) electrons. The average molecular weight is 292 g/mol. The summed E-state index contributed by atoms with van der Waals surface area (Å²) in [7, 11) is 3.89. The highest BCUT2D eigenvalue weighted by Crippen LogP contribution is 2.22. The molecule has 104 valence electrons. The molecule has 0 atom stereocenters. The fourth-order valence-corrected chi connectivity index (χ4v) is 1.90. The summed E-state index contributed by atoms with van der Waals surface area (Å²) in [6.07, 6.45) is 0. The van der Waals surface area contributed by atoms with Crippen LogP contribution in [-0.2, 0) is 0 Å². The smallest absolute Gasteiger partial charge is 0.335 e. The van der Waals surface area contributed by atoms with Crippen molar-refractivity contribution in [2.45, 2.75) is 0 Å². The topological polar surface area (TPSA) is 65.5 Å². The zero-order chi connectivity index (χ0) is 14.7. The van der Waals surface area contributed by atoms with Crippen LogP contribution in [0.15, 0.2) is 36.4 Å². The van der Waals surface area contributed by atoms with Crippen LogP contribution in [0.1, 0.15) is 10.4 Å². The van der Waals surface area contributed by atoms with E-state index in [2.05, 4.69) is 10.3 Å². The monoisotopic (exact) mass is 291 g/mol. The molecule has 20 heavy (non-hydrogen) atoms. The largest absolute Gasteiger partial charge is 0.478 e. The molecule has 0 amide bonds. The lowest BCUT2D eigenvalue weighted by atomic mass is 10.2. The molecular formula is C14H14ClN3O2. The third kappa shape index (κ3) is 3.39. The maximum atomic E-state index is 11.0. The number of rotatable bonds is 4. The zero-order valence-corrected chi connectivity index (χ0v) is 11.8. The Labute approximate surface area is 121 Å². The summed E-state index contributed by atoms with van der Waals surface area (Å²) in [4.78, 5) is 17.0. The van der Waals surface area contributed by atoms with E-state index in [0.29, 0.717) is 5.82 Å². The van der Waals surface area contributed by atoms with Gasteiger partial charge < -0.3 is 15.3 Å². The molecule has 0 saturated carbocycles. The van der Waals surface area contributed by atoms with E-state index in [-0.39, 0.29) is 10.7 Å². The number of aromatic nitrogens is 1. The highest BCUT2D eigenvalue weighted by Gasteiger charge is 2.08. The quantitative estimate of drug-likeness (QED) is 0.847. The van der Waals surface area contributed by atoms with Gasteiger partial charge in [-0.2, -0.15) is 0 Å². The number of benzene rings is 1. The van der Waals surface area contributed by atoms with E-state index in [1.54, 1.807) is 0 Å². The minimum Gasteiger partial charge on any atom is -0.478 e. The molecule has 2 rings (SSSR count). The number of hydrogen-bond acceptors (Lipinski definition) is 4. The molecule has 1 aromatic heterocycles. The van der Waals surface area contributed by atoms with E-state index in [1.807, 2.05) is 43.3 Å². The first-order chi connectivity index (χ1) is 9.45. The summed E-state index contributed by atoms with van der Waals surface area (Å²) in [6, 6.07) is 10.4. The van der Waals surface area contributed by atoms with Crippen molar-refractivity contribution in [3.05, 3.63) is 47.1 Å². The second-order valence-corrected chi connectivity index (χ2v) is 4.83. The molecule has 0 aliphatic carbocycles. The summed E-state index contributed by atoms with van der Waals surface area (Å²) in [5.41, 5.74) is 1.93. The van der Waals surface area contributed by atoms with Crippen molar-refractivity contribution in [1.82, 2.24) is 4.98 Å². The molecule has 0 spiro atoms. The van der Waals surface area contributed by atoms with Crippen molar-refractivity contribution in [3.63, 3.8) is 0 Å². The second-order valence-electron chi connectivity index (χ2n) is 4.44. The number of hydrogen-bond donors (Lipinski definition) is 2. The first kappa shape index (κ1) is 14.1. The Kier molecular flexibility index (Phi) is 4.10. The lowest BCUT2D eigenvalue weighted by Gasteiger charge is -2.14. The number of carboxylic acid groups (broad SMARTS) is 1. The average Bonchev–Trinajstić information content (AvgIpc) is 2.38. The van der Waals surface area contributed by atoms with Crippen LogP contribution in [0.2, 0.25) is 5.15 Å². The number of aromatic carboxylic acids is 1. The van der Waals surface area contributed by atoms with Gasteiger partial charge >= 0.3 is 5.97 Å². The van der Waals surface area contributed by atoms with Crippen molar-refractivity contribution in [2.24, 2.45) is 0 Å². The van der Waals surface area contributed by atoms with E-state index >= 15 is 0 Å². The molecule has 0 aliphatic heterocycles. The molecule has 0 unspecified atom stereocenters. The maximum Gasteiger partial charge on any atom is 0.335 e. The molecule has 0 fully saturated rings. The van der Waals surface area contributed by atoms with Crippen LogP contribution in [0.3, 0.4) is 0 Å². The first-order valence-corrected chi connectivity index (χ1v) is 6.29. The van der Waals surface area contributed by atoms with Crippen LogP contribution < -0.4 is 10.2 Å². The number of anilines is 3. The molecule has 1 aromatic carbocycles. The van der Waals surface area contributed by atoms with Crippen LogP contribution in [0.25, 0.3) is 0 Å². The summed E-state index contributed by atoms with van der Waals surface area (Å²) in [5, 5.41) is 12.2. The van der Waals surface area contributed by atoms with Gasteiger partial charge in [0.05, 0.1) is 5.56 Å². The van der Waals surface area contributed by atoms with E-state index in [0.717, 1.165) is 11.4 Å². The van der Waals surface area contributed by atoms with Crippen LogP contribution in [-0.4, -0.2) is 30.2 Å². The number of halogens is 1. The van der Waals surface area contributed by atoms with Gasteiger partial charge in [-0.05, 0) is 30.3 Å². The van der Waals surface area contributed by atoms with Crippen molar-refractivity contribution < 1.29 is 9.90 Å². The molecule has 0 aliphatic rings. The summed E-state index contributed by atoms with van der Waals surface area (Å²) < 4.78 is 0. The molecule has 5 nitrogen and oxygen atoms in total. The van der Waals surface area contributed by atoms with Crippen molar-refractivity contribution in [2.75, 3.05) is 24.3 Å². The molecular weight excluding hydrogens is 278 g/mol. The zero-order valence-electron chi connectivity index (χ0n) is 11.1. The maximum absolute atomic E-state index is 11.0. The highest BCUT2D eigenvalue weighted by molar-refractivity contribution is 6.29.